The van der Waals surface area contributed by atoms with Crippen molar-refractivity contribution in [3.63, 3.8) is 0 Å². The minimum absolute atomic E-state index is 0. The van der Waals surface area contributed by atoms with E-state index in [1.54, 1.807) is 11.3 Å². The summed E-state index contributed by atoms with van der Waals surface area (Å²) >= 11 is 1.69. The quantitative estimate of drug-likeness (QED) is 0.736. The van der Waals surface area contributed by atoms with Crippen LogP contribution in [0.4, 0.5) is 0 Å². The maximum Gasteiger partial charge on any atom is 0.227 e. The number of carbonyl (C=O) groups excluding carboxylic acids is 1. The van der Waals surface area contributed by atoms with Crippen LogP contribution in [0.1, 0.15) is 57.2 Å². The Labute approximate surface area is 150 Å². The van der Waals surface area contributed by atoms with Gasteiger partial charge in [0.25, 0.3) is 0 Å². The van der Waals surface area contributed by atoms with Crippen LogP contribution in [-0.4, -0.2) is 24.0 Å². The maximum atomic E-state index is 12.3. The molecule has 1 amide bonds. The molecule has 0 fully saturated rings. The molecule has 1 aromatic heterocycles. The van der Waals surface area contributed by atoms with Crippen molar-refractivity contribution in [2.24, 2.45) is 11.1 Å². The third-order valence-corrected chi connectivity index (χ3v) is 5.15. The molecule has 1 aromatic rings. The lowest BCUT2D eigenvalue weighted by atomic mass is 9.81. The van der Waals surface area contributed by atoms with E-state index in [9.17, 15) is 4.79 Å². The van der Waals surface area contributed by atoms with Gasteiger partial charge in [-0.15, -0.1) is 36.2 Å². The van der Waals surface area contributed by atoms with E-state index in [0.717, 1.165) is 30.0 Å². The van der Waals surface area contributed by atoms with Gasteiger partial charge in [-0.05, 0) is 12.8 Å². The summed E-state index contributed by atoms with van der Waals surface area (Å²) in [5.74, 6) is 0.540. The molecule has 0 aromatic carbocycles. The average molecular weight is 370 g/mol. The van der Waals surface area contributed by atoms with Crippen LogP contribution in [0.5, 0.6) is 0 Å². The summed E-state index contributed by atoms with van der Waals surface area (Å²) in [5.41, 5.74) is 6.43. The SMILES string of the molecule is CCC(CC)(CN)C(=O)NCCc1csc(C(C)C)n1.Cl.Cl. The number of hydrogen-bond donors (Lipinski definition) is 2. The van der Waals surface area contributed by atoms with Gasteiger partial charge in [0.15, 0.2) is 0 Å². The molecule has 0 aliphatic heterocycles. The molecule has 0 saturated heterocycles. The molecular formula is C15H29Cl2N3OS. The first kappa shape index (κ1) is 23.9. The number of aromatic nitrogens is 1. The summed E-state index contributed by atoms with van der Waals surface area (Å²) in [6.45, 7) is 9.35. The standard InChI is InChI=1S/C15H27N3OS.2ClH/c1-5-15(6-2,10-16)14(19)17-8-7-12-9-20-13(18-12)11(3)4;;/h9,11H,5-8,10,16H2,1-4H3,(H,17,19);2*1H. The highest BCUT2D eigenvalue weighted by Gasteiger charge is 2.32. The molecule has 0 saturated carbocycles. The fourth-order valence-corrected chi connectivity index (χ4v) is 3.02. The lowest BCUT2D eigenvalue weighted by Gasteiger charge is -2.28. The monoisotopic (exact) mass is 369 g/mol. The Bertz CT molecular complexity index is 426. The second-order valence-electron chi connectivity index (χ2n) is 5.53. The predicted molar refractivity (Wildman–Crippen MR) is 99.5 cm³/mol. The topological polar surface area (TPSA) is 68.0 Å². The van der Waals surface area contributed by atoms with Crippen LogP contribution in [0.3, 0.4) is 0 Å². The fraction of sp³-hybridized carbons (Fsp3) is 0.733. The van der Waals surface area contributed by atoms with Gasteiger partial charge in [0, 0.05) is 30.8 Å². The molecule has 0 aliphatic rings. The van der Waals surface area contributed by atoms with Crippen molar-refractivity contribution in [2.45, 2.75) is 52.9 Å². The fourth-order valence-electron chi connectivity index (χ4n) is 2.15. The molecule has 0 atom stereocenters. The number of nitrogens with two attached hydrogens (primary N) is 1. The van der Waals surface area contributed by atoms with E-state index >= 15 is 0 Å². The van der Waals surface area contributed by atoms with Crippen molar-refractivity contribution < 1.29 is 4.79 Å². The van der Waals surface area contributed by atoms with Crippen LogP contribution in [0.2, 0.25) is 0 Å². The third-order valence-electron chi connectivity index (χ3n) is 3.96. The number of carbonyl (C=O) groups is 1. The van der Waals surface area contributed by atoms with Gasteiger partial charge in [-0.25, -0.2) is 4.98 Å². The van der Waals surface area contributed by atoms with E-state index in [-0.39, 0.29) is 30.7 Å². The number of amides is 1. The molecular weight excluding hydrogens is 341 g/mol. The molecule has 4 nitrogen and oxygen atoms in total. The molecule has 0 unspecified atom stereocenters. The molecule has 0 aliphatic carbocycles. The predicted octanol–water partition coefficient (Wildman–Crippen LogP) is 3.53. The summed E-state index contributed by atoms with van der Waals surface area (Å²) in [4.78, 5) is 16.8. The van der Waals surface area contributed by atoms with E-state index in [1.807, 2.05) is 13.8 Å². The summed E-state index contributed by atoms with van der Waals surface area (Å²) < 4.78 is 0. The van der Waals surface area contributed by atoms with Crippen LogP contribution in [0.15, 0.2) is 5.38 Å². The molecule has 1 heterocycles. The Kier molecular flexibility index (Phi) is 12.2. The molecule has 0 spiro atoms. The number of rotatable bonds is 8. The first-order valence-corrected chi connectivity index (χ1v) is 8.29. The summed E-state index contributed by atoms with van der Waals surface area (Å²) in [6.07, 6.45) is 2.34. The second kappa shape index (κ2) is 11.2. The van der Waals surface area contributed by atoms with Crippen LogP contribution < -0.4 is 11.1 Å². The lowest BCUT2D eigenvalue weighted by Crippen LogP contribution is -2.45. The highest BCUT2D eigenvalue weighted by atomic mass is 35.5. The van der Waals surface area contributed by atoms with Gasteiger partial charge in [-0.2, -0.15) is 0 Å². The van der Waals surface area contributed by atoms with Crippen molar-refractivity contribution in [2.75, 3.05) is 13.1 Å². The Balaban J connectivity index is 0. The Morgan fingerprint density at radius 2 is 1.95 bits per heavy atom. The summed E-state index contributed by atoms with van der Waals surface area (Å²) in [7, 11) is 0. The molecule has 7 heteroatoms. The van der Waals surface area contributed by atoms with E-state index in [2.05, 4.69) is 29.5 Å². The first-order chi connectivity index (χ1) is 9.49. The van der Waals surface area contributed by atoms with E-state index in [4.69, 9.17) is 5.73 Å². The number of thiazole rings is 1. The molecule has 22 heavy (non-hydrogen) atoms. The maximum absolute atomic E-state index is 12.3. The summed E-state index contributed by atoms with van der Waals surface area (Å²) in [5, 5.41) is 6.25. The first-order valence-electron chi connectivity index (χ1n) is 7.41. The van der Waals surface area contributed by atoms with E-state index < -0.39 is 5.41 Å². The molecule has 1 rings (SSSR count). The van der Waals surface area contributed by atoms with Crippen LogP contribution in [0, 0.1) is 5.41 Å². The van der Waals surface area contributed by atoms with Crippen LogP contribution >= 0.6 is 36.2 Å². The minimum Gasteiger partial charge on any atom is -0.355 e. The molecule has 0 bridgehead atoms. The number of halogens is 2. The third kappa shape index (κ3) is 6.03. The van der Waals surface area contributed by atoms with Gasteiger partial charge < -0.3 is 11.1 Å². The minimum atomic E-state index is -0.412. The van der Waals surface area contributed by atoms with Crippen molar-refractivity contribution in [1.29, 1.82) is 0 Å². The zero-order chi connectivity index (χ0) is 15.2. The Morgan fingerprint density at radius 3 is 2.36 bits per heavy atom. The molecule has 3 N–H and O–H groups in total. The molecule has 0 radical (unpaired) electrons. The second-order valence-corrected chi connectivity index (χ2v) is 6.42. The zero-order valence-electron chi connectivity index (χ0n) is 13.8. The highest BCUT2D eigenvalue weighted by Crippen LogP contribution is 2.25. The average Bonchev–Trinajstić information content (AvgIpc) is 2.90. The lowest BCUT2D eigenvalue weighted by molar-refractivity contribution is -0.131. The van der Waals surface area contributed by atoms with Gasteiger partial charge in [0.1, 0.15) is 0 Å². The van der Waals surface area contributed by atoms with Crippen molar-refractivity contribution in [3.05, 3.63) is 16.1 Å². The largest absolute Gasteiger partial charge is 0.355 e. The zero-order valence-corrected chi connectivity index (χ0v) is 16.3. The van der Waals surface area contributed by atoms with Gasteiger partial charge in [0.05, 0.1) is 16.1 Å². The molecule has 130 valence electrons. The van der Waals surface area contributed by atoms with Gasteiger partial charge >= 0.3 is 0 Å². The van der Waals surface area contributed by atoms with Gasteiger partial charge in [-0.3, -0.25) is 4.79 Å². The number of nitrogens with one attached hydrogen (secondary N) is 1. The van der Waals surface area contributed by atoms with Crippen LogP contribution in [-0.2, 0) is 11.2 Å². The Hall–Kier alpha value is -0.360. The summed E-state index contributed by atoms with van der Waals surface area (Å²) in [6, 6.07) is 0. The van der Waals surface area contributed by atoms with Gasteiger partial charge in [-0.1, -0.05) is 27.7 Å². The van der Waals surface area contributed by atoms with Crippen molar-refractivity contribution in [3.8, 4) is 0 Å². The highest BCUT2D eigenvalue weighted by molar-refractivity contribution is 7.09. The van der Waals surface area contributed by atoms with Crippen LogP contribution in [0.25, 0.3) is 0 Å². The van der Waals surface area contributed by atoms with E-state index in [1.165, 1.54) is 0 Å². The smallest absolute Gasteiger partial charge is 0.227 e. The van der Waals surface area contributed by atoms with E-state index in [0.29, 0.717) is 19.0 Å². The van der Waals surface area contributed by atoms with Crippen molar-refractivity contribution >= 4 is 42.1 Å². The Morgan fingerprint density at radius 1 is 1.36 bits per heavy atom. The number of nitrogens with zero attached hydrogens (tertiary/aromatic N) is 1. The normalized spacial score (nSPS) is 10.8. The number of hydrogen-bond acceptors (Lipinski definition) is 4. The van der Waals surface area contributed by atoms with Crippen molar-refractivity contribution in [1.82, 2.24) is 10.3 Å². The van der Waals surface area contributed by atoms with Gasteiger partial charge in [0.2, 0.25) is 5.91 Å².